The van der Waals surface area contributed by atoms with E-state index >= 15 is 0 Å². The van der Waals surface area contributed by atoms with E-state index in [0.717, 1.165) is 44.0 Å². The molecule has 1 aliphatic rings. The molecule has 1 fully saturated rings. The predicted molar refractivity (Wildman–Crippen MR) is 120 cm³/mol. The summed E-state index contributed by atoms with van der Waals surface area (Å²) < 4.78 is 10.5. The number of carbonyl (C=O) groups is 1. The number of likely N-dealkylation sites (N-methyl/N-ethyl adjacent to an activating group) is 1. The number of anilines is 1. The molecule has 4 rings (SSSR count). The van der Waals surface area contributed by atoms with Gasteiger partial charge >= 0.3 is 0 Å². The van der Waals surface area contributed by atoms with E-state index in [1.165, 1.54) is 0 Å². The first kappa shape index (κ1) is 21.8. The van der Waals surface area contributed by atoms with Gasteiger partial charge in [0.1, 0.15) is 11.6 Å². The minimum Gasteiger partial charge on any atom is -0.485 e. The molecule has 9 nitrogen and oxygen atoms in total. The maximum Gasteiger partial charge on any atom is 0.251 e. The smallest absolute Gasteiger partial charge is 0.251 e. The van der Waals surface area contributed by atoms with Crippen LogP contribution >= 0.6 is 0 Å². The van der Waals surface area contributed by atoms with Crippen molar-refractivity contribution in [1.29, 1.82) is 0 Å². The molecular formula is C23H28N6O3. The van der Waals surface area contributed by atoms with E-state index in [4.69, 9.17) is 9.26 Å². The second-order valence-electron chi connectivity index (χ2n) is 7.89. The standard InChI is InChI=1S/C23H28N6O3/c1-17-26-21(27-32-17)16-31-20-7-5-19(6-8-20)23(30)25-15-18-4-9-22(24-14-18)29-11-3-10-28(2)12-13-29/h4-9,14H,3,10-13,15-16H2,1-2H3,(H,25,30). The average Bonchev–Trinajstić information content (AvgIpc) is 3.11. The monoisotopic (exact) mass is 436 g/mol. The number of hydrogen-bond acceptors (Lipinski definition) is 8. The number of nitrogens with one attached hydrogen (secondary N) is 1. The van der Waals surface area contributed by atoms with Crippen LogP contribution in [-0.4, -0.2) is 59.2 Å². The SMILES string of the molecule is Cc1nc(COc2ccc(C(=O)NCc3ccc(N4CCCN(C)CC4)nc3)cc2)no1. The molecule has 1 saturated heterocycles. The Morgan fingerprint density at radius 3 is 2.69 bits per heavy atom. The lowest BCUT2D eigenvalue weighted by Crippen LogP contribution is -2.29. The molecule has 32 heavy (non-hydrogen) atoms. The van der Waals surface area contributed by atoms with E-state index in [-0.39, 0.29) is 12.5 Å². The van der Waals surface area contributed by atoms with Gasteiger partial charge in [-0.1, -0.05) is 11.2 Å². The van der Waals surface area contributed by atoms with Crippen molar-refractivity contribution in [3.63, 3.8) is 0 Å². The van der Waals surface area contributed by atoms with Crippen LogP contribution in [0, 0.1) is 6.92 Å². The molecule has 1 amide bonds. The van der Waals surface area contributed by atoms with Crippen molar-refractivity contribution in [2.24, 2.45) is 0 Å². The van der Waals surface area contributed by atoms with Crippen LogP contribution in [-0.2, 0) is 13.2 Å². The van der Waals surface area contributed by atoms with E-state index in [1.807, 2.05) is 18.3 Å². The molecule has 0 saturated carbocycles. The maximum atomic E-state index is 12.5. The topological polar surface area (TPSA) is 96.6 Å². The Bertz CT molecular complexity index is 1020. The summed E-state index contributed by atoms with van der Waals surface area (Å²) in [6.45, 7) is 6.51. The fourth-order valence-electron chi connectivity index (χ4n) is 3.52. The lowest BCUT2D eigenvalue weighted by Gasteiger charge is -2.21. The summed E-state index contributed by atoms with van der Waals surface area (Å²) >= 11 is 0. The highest BCUT2D eigenvalue weighted by Crippen LogP contribution is 2.15. The number of amides is 1. The molecule has 3 aromatic rings. The summed E-state index contributed by atoms with van der Waals surface area (Å²) in [5.74, 6) is 2.44. The molecular weight excluding hydrogens is 408 g/mol. The summed E-state index contributed by atoms with van der Waals surface area (Å²) in [7, 11) is 2.15. The zero-order chi connectivity index (χ0) is 22.3. The van der Waals surface area contributed by atoms with Crippen LogP contribution < -0.4 is 15.0 Å². The highest BCUT2D eigenvalue weighted by molar-refractivity contribution is 5.94. The number of aryl methyl sites for hydroxylation is 1. The van der Waals surface area contributed by atoms with Gasteiger partial charge in [-0.25, -0.2) is 4.98 Å². The van der Waals surface area contributed by atoms with Crippen LogP contribution in [0.25, 0.3) is 0 Å². The summed E-state index contributed by atoms with van der Waals surface area (Å²) in [5.41, 5.74) is 1.52. The summed E-state index contributed by atoms with van der Waals surface area (Å²) in [6, 6.07) is 11.0. The van der Waals surface area contributed by atoms with E-state index < -0.39 is 0 Å². The van der Waals surface area contributed by atoms with Gasteiger partial charge in [-0.05, 0) is 55.9 Å². The third-order valence-corrected chi connectivity index (χ3v) is 5.36. The largest absolute Gasteiger partial charge is 0.485 e. The molecule has 0 bridgehead atoms. The van der Waals surface area contributed by atoms with Crippen LogP contribution in [0.1, 0.15) is 34.1 Å². The average molecular weight is 437 g/mol. The Labute approximate surface area is 187 Å². The van der Waals surface area contributed by atoms with Crippen LogP contribution in [0.15, 0.2) is 47.1 Å². The normalized spacial score (nSPS) is 14.8. The Balaban J connectivity index is 1.26. The van der Waals surface area contributed by atoms with Crippen molar-refractivity contribution < 1.29 is 14.1 Å². The van der Waals surface area contributed by atoms with E-state index in [2.05, 4.69) is 37.3 Å². The Morgan fingerprint density at radius 1 is 1.12 bits per heavy atom. The number of ether oxygens (including phenoxy) is 1. The number of nitrogens with zero attached hydrogens (tertiary/aromatic N) is 5. The van der Waals surface area contributed by atoms with Gasteiger partial charge in [-0.15, -0.1) is 0 Å². The number of rotatable bonds is 7. The Morgan fingerprint density at radius 2 is 1.97 bits per heavy atom. The van der Waals surface area contributed by atoms with Gasteiger partial charge in [0, 0.05) is 44.9 Å². The van der Waals surface area contributed by atoms with Crippen molar-refractivity contribution in [1.82, 2.24) is 25.3 Å². The fraction of sp³-hybridized carbons (Fsp3) is 0.391. The first-order valence-electron chi connectivity index (χ1n) is 10.8. The van der Waals surface area contributed by atoms with Crippen molar-refractivity contribution in [2.75, 3.05) is 38.1 Å². The fourth-order valence-corrected chi connectivity index (χ4v) is 3.52. The third kappa shape index (κ3) is 5.82. The summed E-state index contributed by atoms with van der Waals surface area (Å²) in [6.07, 6.45) is 2.97. The minimum absolute atomic E-state index is 0.148. The lowest BCUT2D eigenvalue weighted by atomic mass is 10.2. The van der Waals surface area contributed by atoms with Gasteiger partial charge in [0.15, 0.2) is 6.61 Å². The molecule has 0 atom stereocenters. The molecule has 3 heterocycles. The molecule has 2 aromatic heterocycles. The molecule has 1 N–H and O–H groups in total. The van der Waals surface area contributed by atoms with Crippen LogP contribution in [0.2, 0.25) is 0 Å². The second-order valence-corrected chi connectivity index (χ2v) is 7.89. The third-order valence-electron chi connectivity index (χ3n) is 5.36. The van der Waals surface area contributed by atoms with Gasteiger partial charge in [-0.3, -0.25) is 4.79 Å². The molecule has 0 aliphatic carbocycles. The number of carbonyl (C=O) groups excluding carboxylic acids is 1. The molecule has 0 radical (unpaired) electrons. The van der Waals surface area contributed by atoms with Gasteiger partial charge in [-0.2, -0.15) is 4.98 Å². The van der Waals surface area contributed by atoms with Gasteiger partial charge in [0.2, 0.25) is 11.7 Å². The van der Waals surface area contributed by atoms with Gasteiger partial charge < -0.3 is 24.4 Å². The molecule has 0 spiro atoms. The number of hydrogen-bond donors (Lipinski definition) is 1. The molecule has 9 heteroatoms. The highest BCUT2D eigenvalue weighted by Gasteiger charge is 2.13. The Kier molecular flexibility index (Phi) is 6.96. The number of aromatic nitrogens is 3. The first-order chi connectivity index (χ1) is 15.6. The minimum atomic E-state index is -0.148. The maximum absolute atomic E-state index is 12.5. The van der Waals surface area contributed by atoms with Crippen molar-refractivity contribution in [3.8, 4) is 5.75 Å². The van der Waals surface area contributed by atoms with Gasteiger partial charge in [0.05, 0.1) is 0 Å². The Hall–Kier alpha value is -3.46. The summed E-state index contributed by atoms with van der Waals surface area (Å²) in [4.78, 5) is 25.8. The summed E-state index contributed by atoms with van der Waals surface area (Å²) in [5, 5.41) is 6.72. The first-order valence-corrected chi connectivity index (χ1v) is 10.8. The van der Waals surface area contributed by atoms with Crippen molar-refractivity contribution >= 4 is 11.7 Å². The van der Waals surface area contributed by atoms with Crippen molar-refractivity contribution in [3.05, 3.63) is 65.4 Å². The molecule has 168 valence electrons. The van der Waals surface area contributed by atoms with Crippen LogP contribution in [0.4, 0.5) is 5.82 Å². The zero-order valence-corrected chi connectivity index (χ0v) is 18.5. The van der Waals surface area contributed by atoms with E-state index in [9.17, 15) is 4.79 Å². The van der Waals surface area contributed by atoms with E-state index in [0.29, 0.717) is 29.6 Å². The van der Waals surface area contributed by atoms with Crippen LogP contribution in [0.3, 0.4) is 0 Å². The number of benzene rings is 1. The second kappa shape index (κ2) is 10.2. The molecule has 1 aromatic carbocycles. The van der Waals surface area contributed by atoms with Crippen LogP contribution in [0.5, 0.6) is 5.75 Å². The highest BCUT2D eigenvalue weighted by atomic mass is 16.5. The quantitative estimate of drug-likeness (QED) is 0.603. The van der Waals surface area contributed by atoms with Gasteiger partial charge in [0.25, 0.3) is 5.91 Å². The number of pyridine rings is 1. The van der Waals surface area contributed by atoms with Crippen molar-refractivity contribution in [2.45, 2.75) is 26.5 Å². The lowest BCUT2D eigenvalue weighted by molar-refractivity contribution is 0.0951. The molecule has 0 unspecified atom stereocenters. The predicted octanol–water partition coefficient (Wildman–Crippen LogP) is 2.42. The van der Waals surface area contributed by atoms with E-state index in [1.54, 1.807) is 31.2 Å². The zero-order valence-electron chi connectivity index (χ0n) is 18.5. The molecule has 1 aliphatic heterocycles.